The zero-order valence-electron chi connectivity index (χ0n) is 14.5. The zero-order valence-corrected chi connectivity index (χ0v) is 16.9. The van der Waals surface area contributed by atoms with Gasteiger partial charge in [-0.05, 0) is 44.4 Å². The van der Waals surface area contributed by atoms with Crippen LogP contribution in [0.2, 0.25) is 0 Å². The van der Waals surface area contributed by atoms with Gasteiger partial charge in [0.1, 0.15) is 0 Å². The first-order chi connectivity index (χ1) is 10.1. The molecule has 5 heteroatoms. The van der Waals surface area contributed by atoms with Crippen LogP contribution in [0.25, 0.3) is 0 Å². The summed E-state index contributed by atoms with van der Waals surface area (Å²) in [5.74, 6) is 1.05. The molecule has 0 aromatic carbocycles. The summed E-state index contributed by atoms with van der Waals surface area (Å²) in [7, 11) is 0. The van der Waals surface area contributed by atoms with Gasteiger partial charge in [0.25, 0.3) is 0 Å². The van der Waals surface area contributed by atoms with Gasteiger partial charge >= 0.3 is 0 Å². The number of hydrogen-bond acceptors (Lipinski definition) is 2. The maximum Gasteiger partial charge on any atom is 0.193 e. The fraction of sp³-hybridized carbons (Fsp3) is 0.941. The van der Waals surface area contributed by atoms with E-state index in [0.29, 0.717) is 5.41 Å². The molecule has 1 unspecified atom stereocenters. The van der Waals surface area contributed by atoms with E-state index >= 15 is 0 Å². The number of halogens is 1. The van der Waals surface area contributed by atoms with Crippen LogP contribution in [0.4, 0.5) is 0 Å². The van der Waals surface area contributed by atoms with Gasteiger partial charge in [0.15, 0.2) is 5.96 Å². The highest BCUT2D eigenvalue weighted by atomic mass is 127. The first-order valence-electron chi connectivity index (χ1n) is 8.70. The fourth-order valence-electron chi connectivity index (χ4n) is 3.52. The second-order valence-electron chi connectivity index (χ2n) is 7.41. The van der Waals surface area contributed by atoms with Crippen LogP contribution in [0.1, 0.15) is 59.3 Å². The molecule has 4 nitrogen and oxygen atoms in total. The molecule has 1 aliphatic heterocycles. The lowest BCUT2D eigenvalue weighted by atomic mass is 9.78. The molecule has 1 atom stereocenters. The van der Waals surface area contributed by atoms with Crippen molar-refractivity contribution in [2.45, 2.75) is 59.3 Å². The predicted octanol–water partition coefficient (Wildman–Crippen LogP) is 3.24. The maximum atomic E-state index is 9.46. The summed E-state index contributed by atoms with van der Waals surface area (Å²) in [6.07, 6.45) is 7.39. The molecular formula is C17H34IN3O. The van der Waals surface area contributed by atoms with Gasteiger partial charge in [-0.1, -0.05) is 20.3 Å². The molecule has 1 heterocycles. The van der Waals surface area contributed by atoms with Crippen LogP contribution in [0, 0.1) is 10.8 Å². The lowest BCUT2D eigenvalue weighted by Gasteiger charge is -2.42. The maximum absolute atomic E-state index is 9.46. The zero-order chi connectivity index (χ0) is 15.3. The van der Waals surface area contributed by atoms with E-state index in [4.69, 9.17) is 4.99 Å². The number of hydrogen-bond donors (Lipinski definition) is 2. The molecule has 22 heavy (non-hydrogen) atoms. The van der Waals surface area contributed by atoms with Gasteiger partial charge in [-0.15, -0.1) is 24.0 Å². The van der Waals surface area contributed by atoms with Crippen LogP contribution >= 0.6 is 24.0 Å². The van der Waals surface area contributed by atoms with Crippen molar-refractivity contribution >= 4 is 29.9 Å². The van der Waals surface area contributed by atoms with Crippen molar-refractivity contribution in [3.05, 3.63) is 0 Å². The molecule has 2 aliphatic rings. The van der Waals surface area contributed by atoms with E-state index in [0.717, 1.165) is 45.0 Å². The Kier molecular flexibility index (Phi) is 7.92. The SMILES string of the molecule is CCCC1(C)CCCN(C(=NCC2(CO)CC2)NCC)C1.I. The number of nitrogens with zero attached hydrogens (tertiary/aromatic N) is 2. The summed E-state index contributed by atoms with van der Waals surface area (Å²) in [6, 6.07) is 0. The van der Waals surface area contributed by atoms with Gasteiger partial charge in [0.05, 0.1) is 13.2 Å². The Balaban J connectivity index is 0.00000242. The topological polar surface area (TPSA) is 47.9 Å². The van der Waals surface area contributed by atoms with E-state index in [9.17, 15) is 5.11 Å². The van der Waals surface area contributed by atoms with Crippen LogP contribution in [0.15, 0.2) is 4.99 Å². The third kappa shape index (κ3) is 5.25. The van der Waals surface area contributed by atoms with E-state index in [1.54, 1.807) is 0 Å². The minimum absolute atomic E-state index is 0. The highest BCUT2D eigenvalue weighted by Crippen LogP contribution is 2.45. The first-order valence-corrected chi connectivity index (χ1v) is 8.70. The molecule has 1 saturated carbocycles. The second kappa shape index (κ2) is 8.71. The van der Waals surface area contributed by atoms with Gasteiger partial charge in [-0.25, -0.2) is 0 Å². The van der Waals surface area contributed by atoms with E-state index in [-0.39, 0.29) is 36.0 Å². The van der Waals surface area contributed by atoms with Gasteiger partial charge in [0.2, 0.25) is 0 Å². The molecule has 2 N–H and O–H groups in total. The number of guanidine groups is 1. The molecule has 2 fully saturated rings. The van der Waals surface area contributed by atoms with E-state index in [1.807, 2.05) is 0 Å². The standard InChI is InChI=1S/C17H33N3O.HI/c1-4-7-16(3)8-6-11-20(13-16)15(18-5-2)19-12-17(14-21)9-10-17;/h21H,4-14H2,1-3H3,(H,18,19);1H. The summed E-state index contributed by atoms with van der Waals surface area (Å²) in [5, 5.41) is 12.9. The fourth-order valence-corrected chi connectivity index (χ4v) is 3.52. The summed E-state index contributed by atoms with van der Waals surface area (Å²) < 4.78 is 0. The molecule has 1 saturated heterocycles. The summed E-state index contributed by atoms with van der Waals surface area (Å²) in [4.78, 5) is 7.28. The van der Waals surface area contributed by atoms with Crippen LogP contribution in [-0.4, -0.2) is 48.8 Å². The third-order valence-electron chi connectivity index (χ3n) is 5.13. The molecular weight excluding hydrogens is 389 g/mol. The molecule has 0 aromatic heterocycles. The van der Waals surface area contributed by atoms with Crippen molar-refractivity contribution in [3.63, 3.8) is 0 Å². The average Bonchev–Trinajstić information content (AvgIpc) is 3.24. The Labute approximate surface area is 153 Å². The number of aliphatic imine (C=N–C) groups is 1. The van der Waals surface area contributed by atoms with Crippen LogP contribution in [0.3, 0.4) is 0 Å². The molecule has 0 amide bonds. The van der Waals surface area contributed by atoms with Crippen molar-refractivity contribution in [3.8, 4) is 0 Å². The molecule has 130 valence electrons. The highest BCUT2D eigenvalue weighted by Gasteiger charge is 2.42. The number of rotatable bonds is 6. The Morgan fingerprint density at radius 3 is 2.55 bits per heavy atom. The lowest BCUT2D eigenvalue weighted by Crippen LogP contribution is -2.50. The lowest BCUT2D eigenvalue weighted by molar-refractivity contribution is 0.142. The van der Waals surface area contributed by atoms with E-state index < -0.39 is 0 Å². The first kappa shape index (κ1) is 20.0. The summed E-state index contributed by atoms with van der Waals surface area (Å²) in [5.41, 5.74) is 0.528. The van der Waals surface area contributed by atoms with Crippen molar-refractivity contribution < 1.29 is 5.11 Å². The number of piperidine rings is 1. The highest BCUT2D eigenvalue weighted by molar-refractivity contribution is 14.0. The summed E-state index contributed by atoms with van der Waals surface area (Å²) in [6.45, 7) is 11.0. The van der Waals surface area contributed by atoms with Crippen LogP contribution < -0.4 is 5.32 Å². The van der Waals surface area contributed by atoms with E-state index in [1.165, 1.54) is 25.7 Å². The van der Waals surface area contributed by atoms with Gasteiger partial charge in [-0.2, -0.15) is 0 Å². The second-order valence-corrected chi connectivity index (χ2v) is 7.41. The minimum atomic E-state index is 0. The monoisotopic (exact) mass is 423 g/mol. The quantitative estimate of drug-likeness (QED) is 0.392. The van der Waals surface area contributed by atoms with Crippen molar-refractivity contribution in [2.24, 2.45) is 15.8 Å². The average molecular weight is 423 g/mol. The normalized spacial score (nSPS) is 27.3. The Bertz CT molecular complexity index is 367. The molecule has 0 aromatic rings. The van der Waals surface area contributed by atoms with Gasteiger partial charge < -0.3 is 15.3 Å². The van der Waals surface area contributed by atoms with Crippen LogP contribution in [0.5, 0.6) is 0 Å². The molecule has 1 aliphatic carbocycles. The van der Waals surface area contributed by atoms with Crippen molar-refractivity contribution in [1.82, 2.24) is 10.2 Å². The molecule has 0 bridgehead atoms. The molecule has 0 spiro atoms. The van der Waals surface area contributed by atoms with Crippen LogP contribution in [-0.2, 0) is 0 Å². The van der Waals surface area contributed by atoms with Gasteiger partial charge in [0, 0.05) is 25.0 Å². The number of aliphatic hydroxyl groups is 1. The number of likely N-dealkylation sites (tertiary alicyclic amines) is 1. The number of aliphatic hydroxyl groups excluding tert-OH is 1. The molecule has 2 rings (SSSR count). The minimum Gasteiger partial charge on any atom is -0.396 e. The Hall–Kier alpha value is -0.0400. The van der Waals surface area contributed by atoms with Gasteiger partial charge in [-0.3, -0.25) is 4.99 Å². The Morgan fingerprint density at radius 1 is 1.27 bits per heavy atom. The van der Waals surface area contributed by atoms with Crippen molar-refractivity contribution in [1.29, 1.82) is 0 Å². The number of nitrogens with one attached hydrogen (secondary N) is 1. The smallest absolute Gasteiger partial charge is 0.193 e. The third-order valence-corrected chi connectivity index (χ3v) is 5.13. The summed E-state index contributed by atoms with van der Waals surface area (Å²) >= 11 is 0. The largest absolute Gasteiger partial charge is 0.396 e. The Morgan fingerprint density at radius 2 is 2.00 bits per heavy atom. The van der Waals surface area contributed by atoms with Crippen molar-refractivity contribution in [2.75, 3.05) is 32.8 Å². The predicted molar refractivity (Wildman–Crippen MR) is 104 cm³/mol. The molecule has 0 radical (unpaired) electrons. The van der Waals surface area contributed by atoms with E-state index in [2.05, 4.69) is 31.0 Å².